The van der Waals surface area contributed by atoms with E-state index in [4.69, 9.17) is 17.3 Å². The number of benzene rings is 2. The topological polar surface area (TPSA) is 109 Å². The summed E-state index contributed by atoms with van der Waals surface area (Å²) in [6, 6.07) is 12.3. The summed E-state index contributed by atoms with van der Waals surface area (Å²) in [4.78, 5) is 11.4. The minimum Gasteiger partial charge on any atom is -0.480 e. The number of rotatable bonds is 9. The van der Waals surface area contributed by atoms with Gasteiger partial charge in [-0.25, -0.2) is 8.42 Å². The van der Waals surface area contributed by atoms with E-state index in [-0.39, 0.29) is 16.3 Å². The third-order valence-corrected chi connectivity index (χ3v) is 5.61. The normalized spacial score (nSPS) is 12.7. The van der Waals surface area contributed by atoms with Gasteiger partial charge in [-0.3, -0.25) is 4.79 Å². The highest BCUT2D eigenvalue weighted by molar-refractivity contribution is 7.89. The number of hydrogen-bond acceptors (Lipinski definition) is 4. The number of hydrogen-bond donors (Lipinski definition) is 3. The van der Waals surface area contributed by atoms with Crippen LogP contribution in [0.1, 0.15) is 19.3 Å². The summed E-state index contributed by atoms with van der Waals surface area (Å²) in [5.74, 6) is -1.23. The van der Waals surface area contributed by atoms with Gasteiger partial charge in [-0.1, -0.05) is 54.4 Å². The van der Waals surface area contributed by atoms with Crippen molar-refractivity contribution < 1.29 is 18.3 Å². The largest absolute Gasteiger partial charge is 0.480 e. The van der Waals surface area contributed by atoms with Crippen LogP contribution < -0.4 is 10.5 Å². The summed E-state index contributed by atoms with van der Waals surface area (Å²) >= 11 is 5.99. The fourth-order valence-electron chi connectivity index (χ4n) is 2.55. The summed E-state index contributed by atoms with van der Waals surface area (Å²) < 4.78 is 28.0. The Bertz CT molecular complexity index is 857. The van der Waals surface area contributed by atoms with Crippen molar-refractivity contribution in [1.29, 1.82) is 0 Å². The monoisotopic (exact) mass is 396 g/mol. The van der Waals surface area contributed by atoms with Gasteiger partial charge in [-0.2, -0.15) is 4.72 Å². The maximum atomic E-state index is 12.9. The molecule has 0 saturated carbocycles. The number of carboxylic acids is 1. The molecule has 1 atom stereocenters. The zero-order valence-corrected chi connectivity index (χ0v) is 15.6. The quantitative estimate of drug-likeness (QED) is 0.564. The van der Waals surface area contributed by atoms with Crippen molar-refractivity contribution >= 4 is 27.6 Å². The van der Waals surface area contributed by atoms with Gasteiger partial charge in [0, 0.05) is 10.6 Å². The molecule has 0 saturated heterocycles. The van der Waals surface area contributed by atoms with E-state index < -0.39 is 22.0 Å². The molecule has 2 aromatic rings. The molecule has 0 bridgehead atoms. The van der Waals surface area contributed by atoms with E-state index in [9.17, 15) is 18.3 Å². The van der Waals surface area contributed by atoms with E-state index in [0.29, 0.717) is 30.5 Å². The van der Waals surface area contributed by atoms with Gasteiger partial charge in [0.1, 0.15) is 6.04 Å². The predicted molar refractivity (Wildman–Crippen MR) is 102 cm³/mol. The lowest BCUT2D eigenvalue weighted by Gasteiger charge is -2.17. The van der Waals surface area contributed by atoms with E-state index in [2.05, 4.69) is 4.72 Å². The van der Waals surface area contributed by atoms with E-state index in [1.807, 2.05) is 6.07 Å². The van der Waals surface area contributed by atoms with Crippen molar-refractivity contribution in [3.05, 3.63) is 53.6 Å². The van der Waals surface area contributed by atoms with Gasteiger partial charge in [0.2, 0.25) is 10.0 Å². The summed E-state index contributed by atoms with van der Waals surface area (Å²) in [7, 11) is -4.09. The first kappa shape index (κ1) is 20.4. The van der Waals surface area contributed by atoms with Crippen LogP contribution in [0.25, 0.3) is 11.1 Å². The number of sulfonamides is 1. The molecule has 8 heteroatoms. The SMILES string of the molecule is NCCCC[C@H](NS(=O)(=O)c1cc(Cl)ccc1-c1ccccc1)C(=O)O. The number of nitrogens with one attached hydrogen (secondary N) is 1. The van der Waals surface area contributed by atoms with Gasteiger partial charge in [-0.15, -0.1) is 0 Å². The van der Waals surface area contributed by atoms with E-state index in [0.717, 1.165) is 0 Å². The average molecular weight is 397 g/mol. The van der Waals surface area contributed by atoms with Crippen LogP contribution in [0.4, 0.5) is 0 Å². The molecule has 0 heterocycles. The number of nitrogens with two attached hydrogens (primary N) is 1. The maximum absolute atomic E-state index is 12.9. The van der Waals surface area contributed by atoms with Gasteiger partial charge in [0.25, 0.3) is 0 Å². The average Bonchev–Trinajstić information content (AvgIpc) is 2.61. The van der Waals surface area contributed by atoms with Crippen molar-refractivity contribution in [3.8, 4) is 11.1 Å². The van der Waals surface area contributed by atoms with Crippen LogP contribution in [-0.2, 0) is 14.8 Å². The lowest BCUT2D eigenvalue weighted by molar-refractivity contribution is -0.139. The third-order valence-electron chi connectivity index (χ3n) is 3.86. The molecule has 6 nitrogen and oxygen atoms in total. The first-order valence-corrected chi connectivity index (χ1v) is 10.0. The Hall–Kier alpha value is -1.93. The van der Waals surface area contributed by atoms with Crippen molar-refractivity contribution in [3.63, 3.8) is 0 Å². The second-order valence-corrected chi connectivity index (χ2v) is 7.92. The van der Waals surface area contributed by atoms with Gasteiger partial charge >= 0.3 is 5.97 Å². The zero-order chi connectivity index (χ0) is 19.2. The van der Waals surface area contributed by atoms with Crippen LogP contribution >= 0.6 is 11.6 Å². The van der Waals surface area contributed by atoms with Gasteiger partial charge in [-0.05, 0) is 37.1 Å². The fraction of sp³-hybridized carbons (Fsp3) is 0.278. The fourth-order valence-corrected chi connectivity index (χ4v) is 4.27. The molecule has 0 aromatic heterocycles. The highest BCUT2D eigenvalue weighted by Crippen LogP contribution is 2.30. The summed E-state index contributed by atoms with van der Waals surface area (Å²) in [5, 5.41) is 9.59. The van der Waals surface area contributed by atoms with Crippen molar-refractivity contribution in [2.45, 2.75) is 30.2 Å². The minimum atomic E-state index is -4.09. The molecular formula is C18H21ClN2O4S. The molecule has 0 radical (unpaired) electrons. The highest BCUT2D eigenvalue weighted by atomic mass is 35.5. The van der Waals surface area contributed by atoms with Gasteiger partial charge in [0.15, 0.2) is 0 Å². The van der Waals surface area contributed by atoms with Gasteiger partial charge in [0.05, 0.1) is 4.90 Å². The molecule has 2 rings (SSSR count). The summed E-state index contributed by atoms with van der Waals surface area (Å²) in [6.45, 7) is 0.422. The molecular weight excluding hydrogens is 376 g/mol. The van der Waals surface area contributed by atoms with E-state index >= 15 is 0 Å². The summed E-state index contributed by atoms with van der Waals surface area (Å²) in [6.07, 6.45) is 1.29. The van der Waals surface area contributed by atoms with Crippen molar-refractivity contribution in [1.82, 2.24) is 4.72 Å². The molecule has 0 aliphatic carbocycles. The molecule has 26 heavy (non-hydrogen) atoms. The predicted octanol–water partition coefficient (Wildman–Crippen LogP) is 2.87. The molecule has 0 aliphatic rings. The van der Waals surface area contributed by atoms with Crippen LogP contribution in [0.5, 0.6) is 0 Å². The third kappa shape index (κ3) is 5.28. The maximum Gasteiger partial charge on any atom is 0.321 e. The number of carbonyl (C=O) groups is 1. The molecule has 0 unspecified atom stereocenters. The number of unbranched alkanes of at least 4 members (excludes halogenated alkanes) is 1. The molecule has 0 amide bonds. The Morgan fingerprint density at radius 1 is 1.15 bits per heavy atom. The molecule has 140 valence electrons. The Morgan fingerprint density at radius 2 is 1.85 bits per heavy atom. The lowest BCUT2D eigenvalue weighted by Crippen LogP contribution is -2.40. The number of aliphatic carboxylic acids is 1. The lowest BCUT2D eigenvalue weighted by atomic mass is 10.1. The van der Waals surface area contributed by atoms with Gasteiger partial charge < -0.3 is 10.8 Å². The smallest absolute Gasteiger partial charge is 0.321 e. The standard InChI is InChI=1S/C18H21ClN2O4S/c19-14-9-10-15(13-6-2-1-3-7-13)17(12-14)26(24,25)21-16(18(22)23)8-4-5-11-20/h1-3,6-7,9-10,12,16,21H,4-5,8,11,20H2,(H,22,23)/t16-/m0/s1. The van der Waals surface area contributed by atoms with Crippen LogP contribution in [0.3, 0.4) is 0 Å². The van der Waals surface area contributed by atoms with Crippen molar-refractivity contribution in [2.24, 2.45) is 5.73 Å². The molecule has 0 spiro atoms. The first-order chi connectivity index (χ1) is 12.3. The number of carboxylic acid groups (broad SMARTS) is 1. The summed E-state index contributed by atoms with van der Waals surface area (Å²) in [5.41, 5.74) is 6.56. The van der Waals surface area contributed by atoms with Crippen LogP contribution in [-0.4, -0.2) is 32.1 Å². The van der Waals surface area contributed by atoms with Crippen LogP contribution in [0.2, 0.25) is 5.02 Å². The highest BCUT2D eigenvalue weighted by Gasteiger charge is 2.27. The minimum absolute atomic E-state index is 0.0544. The zero-order valence-electron chi connectivity index (χ0n) is 14.1. The second kappa shape index (κ2) is 9.14. The van der Waals surface area contributed by atoms with Crippen LogP contribution in [0.15, 0.2) is 53.4 Å². The Morgan fingerprint density at radius 3 is 2.46 bits per heavy atom. The Balaban J connectivity index is 2.38. The molecule has 0 fully saturated rings. The molecule has 2 aromatic carbocycles. The Labute approximate surface area is 158 Å². The second-order valence-electron chi connectivity index (χ2n) is 5.80. The number of halogens is 1. The molecule has 4 N–H and O–H groups in total. The molecule has 0 aliphatic heterocycles. The van der Waals surface area contributed by atoms with Crippen LogP contribution in [0, 0.1) is 0 Å². The van der Waals surface area contributed by atoms with E-state index in [1.165, 1.54) is 6.07 Å². The first-order valence-electron chi connectivity index (χ1n) is 8.15. The van der Waals surface area contributed by atoms with E-state index in [1.54, 1.807) is 36.4 Å². The Kier molecular flexibility index (Phi) is 7.16. The van der Waals surface area contributed by atoms with Crippen molar-refractivity contribution in [2.75, 3.05) is 6.54 Å².